The first-order chi connectivity index (χ1) is 12.3. The Hall–Kier alpha value is -1.95. The molecule has 1 aliphatic heterocycles. The van der Waals surface area contributed by atoms with Crippen molar-refractivity contribution in [2.75, 3.05) is 5.32 Å². The summed E-state index contributed by atoms with van der Waals surface area (Å²) >= 11 is 3.51. The fourth-order valence-electron chi connectivity index (χ4n) is 4.69. The Kier molecular flexibility index (Phi) is 4.06. The molecule has 0 radical (unpaired) electrons. The normalized spacial score (nSPS) is 30.1. The molecule has 4 rings (SSSR count). The number of nitrogens with zero attached hydrogens (tertiary/aromatic N) is 1. The van der Waals surface area contributed by atoms with Crippen LogP contribution in [0.4, 0.5) is 5.69 Å². The number of benzene rings is 1. The van der Waals surface area contributed by atoms with Gasteiger partial charge in [-0.05, 0) is 62.3 Å². The summed E-state index contributed by atoms with van der Waals surface area (Å²) in [6.45, 7) is 5.53. The van der Waals surface area contributed by atoms with Crippen LogP contribution in [0.3, 0.4) is 0 Å². The number of imide groups is 1. The quantitative estimate of drug-likeness (QED) is 0.607. The molecule has 1 aromatic rings. The van der Waals surface area contributed by atoms with Crippen molar-refractivity contribution in [1.82, 2.24) is 4.90 Å². The summed E-state index contributed by atoms with van der Waals surface area (Å²) in [4.78, 5) is 39.5. The average Bonchev–Trinajstić information content (AvgIpc) is 3.26. The molecule has 136 valence electrons. The number of fused-ring (bicyclic) bond motifs is 5. The molecule has 1 aromatic carbocycles. The lowest BCUT2D eigenvalue weighted by Gasteiger charge is -2.24. The molecule has 1 saturated carbocycles. The van der Waals surface area contributed by atoms with Crippen LogP contribution in [0.1, 0.15) is 24.5 Å². The molecule has 0 unspecified atom stereocenters. The first kappa shape index (κ1) is 17.5. The fraction of sp³-hybridized carbons (Fsp3) is 0.450. The monoisotopic (exact) mass is 416 g/mol. The number of likely N-dealkylation sites (tertiary alicyclic amines) is 1. The molecule has 1 N–H and O–H groups in total. The van der Waals surface area contributed by atoms with E-state index in [4.69, 9.17) is 0 Å². The van der Waals surface area contributed by atoms with Crippen LogP contribution in [-0.2, 0) is 14.4 Å². The van der Waals surface area contributed by atoms with Gasteiger partial charge in [-0.3, -0.25) is 19.3 Å². The van der Waals surface area contributed by atoms with Gasteiger partial charge in [0.25, 0.3) is 0 Å². The maximum atomic E-state index is 12.8. The van der Waals surface area contributed by atoms with Crippen LogP contribution in [0.15, 0.2) is 28.8 Å². The first-order valence-corrected chi connectivity index (χ1v) is 9.71. The van der Waals surface area contributed by atoms with Crippen LogP contribution in [0.5, 0.6) is 0 Å². The highest BCUT2D eigenvalue weighted by molar-refractivity contribution is 9.10. The van der Waals surface area contributed by atoms with Crippen molar-refractivity contribution in [2.24, 2.45) is 23.7 Å². The molecule has 1 heterocycles. The van der Waals surface area contributed by atoms with Gasteiger partial charge in [0.15, 0.2) is 0 Å². The van der Waals surface area contributed by atoms with E-state index < -0.39 is 6.04 Å². The summed E-state index contributed by atoms with van der Waals surface area (Å²) in [5.41, 5.74) is 2.69. The van der Waals surface area contributed by atoms with E-state index in [1.165, 1.54) is 4.90 Å². The maximum Gasteiger partial charge on any atom is 0.247 e. The summed E-state index contributed by atoms with van der Waals surface area (Å²) in [5.74, 6) is -0.967. The SMILES string of the molecule is Cc1cc(NC(=O)[C@@H](C)N2C(=O)[C@@H]3[C@H](C2=O)[C@H]2C=C[C@H]3C2)cc(C)c1Br. The van der Waals surface area contributed by atoms with E-state index in [0.717, 1.165) is 22.0 Å². The van der Waals surface area contributed by atoms with Gasteiger partial charge in [0, 0.05) is 10.2 Å². The molecule has 2 bridgehead atoms. The third-order valence-corrected chi connectivity index (χ3v) is 7.23. The summed E-state index contributed by atoms with van der Waals surface area (Å²) in [6, 6.07) is 2.92. The van der Waals surface area contributed by atoms with Crippen molar-refractivity contribution in [2.45, 2.75) is 33.2 Å². The zero-order valence-corrected chi connectivity index (χ0v) is 16.5. The second-order valence-electron chi connectivity index (χ2n) is 7.64. The number of carbonyl (C=O) groups excluding carboxylic acids is 3. The third kappa shape index (κ3) is 2.46. The Morgan fingerprint density at radius 1 is 1.12 bits per heavy atom. The number of allylic oxidation sites excluding steroid dienone is 2. The lowest BCUT2D eigenvalue weighted by molar-refractivity contribution is -0.146. The smallest absolute Gasteiger partial charge is 0.247 e. The van der Waals surface area contributed by atoms with Gasteiger partial charge >= 0.3 is 0 Å². The van der Waals surface area contributed by atoms with Gasteiger partial charge in [-0.25, -0.2) is 0 Å². The van der Waals surface area contributed by atoms with Gasteiger partial charge in [-0.15, -0.1) is 0 Å². The molecule has 6 heteroatoms. The topological polar surface area (TPSA) is 66.5 Å². The van der Waals surface area contributed by atoms with Gasteiger partial charge in [0.2, 0.25) is 17.7 Å². The highest BCUT2D eigenvalue weighted by Gasteiger charge is 2.60. The van der Waals surface area contributed by atoms with Crippen LogP contribution < -0.4 is 5.32 Å². The van der Waals surface area contributed by atoms with Crippen molar-refractivity contribution >= 4 is 39.3 Å². The molecule has 1 saturated heterocycles. The lowest BCUT2D eigenvalue weighted by atomic mass is 9.85. The van der Waals surface area contributed by atoms with E-state index in [-0.39, 0.29) is 41.4 Å². The van der Waals surface area contributed by atoms with Crippen molar-refractivity contribution < 1.29 is 14.4 Å². The second-order valence-corrected chi connectivity index (χ2v) is 8.43. The summed E-state index contributed by atoms with van der Waals surface area (Å²) < 4.78 is 1.00. The Balaban J connectivity index is 1.53. The molecule has 2 aliphatic carbocycles. The van der Waals surface area contributed by atoms with E-state index in [2.05, 4.69) is 33.4 Å². The van der Waals surface area contributed by atoms with Gasteiger partial charge < -0.3 is 5.32 Å². The van der Waals surface area contributed by atoms with E-state index in [9.17, 15) is 14.4 Å². The summed E-state index contributed by atoms with van der Waals surface area (Å²) in [5, 5.41) is 2.85. The van der Waals surface area contributed by atoms with Crippen LogP contribution in [-0.4, -0.2) is 28.7 Å². The van der Waals surface area contributed by atoms with Gasteiger partial charge in [0.1, 0.15) is 6.04 Å². The molecule has 26 heavy (non-hydrogen) atoms. The molecule has 2 fully saturated rings. The van der Waals surface area contributed by atoms with Crippen LogP contribution in [0.2, 0.25) is 0 Å². The number of halogens is 1. The minimum atomic E-state index is -0.816. The minimum absolute atomic E-state index is 0.151. The number of aryl methyl sites for hydroxylation is 2. The highest BCUT2D eigenvalue weighted by atomic mass is 79.9. The largest absolute Gasteiger partial charge is 0.324 e. The summed E-state index contributed by atoms with van der Waals surface area (Å²) in [7, 11) is 0. The van der Waals surface area contributed by atoms with E-state index >= 15 is 0 Å². The molecule has 5 nitrogen and oxygen atoms in total. The highest BCUT2D eigenvalue weighted by Crippen LogP contribution is 2.52. The molecular formula is C20H21BrN2O3. The third-order valence-electron chi connectivity index (χ3n) is 5.98. The van der Waals surface area contributed by atoms with Crippen molar-refractivity contribution in [3.05, 3.63) is 39.9 Å². The molecule has 5 atom stereocenters. The number of hydrogen-bond acceptors (Lipinski definition) is 3. The van der Waals surface area contributed by atoms with Crippen molar-refractivity contribution in [3.63, 3.8) is 0 Å². The zero-order valence-electron chi connectivity index (χ0n) is 15.0. The number of nitrogens with one attached hydrogen (secondary N) is 1. The van der Waals surface area contributed by atoms with Gasteiger partial charge in [-0.2, -0.15) is 0 Å². The fourth-order valence-corrected chi connectivity index (χ4v) is 4.92. The predicted molar refractivity (Wildman–Crippen MR) is 101 cm³/mol. The van der Waals surface area contributed by atoms with Crippen LogP contribution in [0, 0.1) is 37.5 Å². The average molecular weight is 417 g/mol. The Labute approximate surface area is 160 Å². The number of anilines is 1. The number of rotatable bonds is 3. The molecule has 3 aliphatic rings. The Morgan fingerprint density at radius 3 is 2.12 bits per heavy atom. The predicted octanol–water partition coefficient (Wildman–Crippen LogP) is 3.20. The molecule has 0 spiro atoms. The van der Waals surface area contributed by atoms with Crippen LogP contribution >= 0.6 is 15.9 Å². The standard InChI is InChI=1S/C20H21BrN2O3/c1-9-6-14(7-10(2)17(9)21)22-18(24)11(3)23-19(25)15-12-4-5-13(8-12)16(15)20(23)26/h4-7,11-13,15-16H,8H2,1-3H3,(H,22,24)/t11-,12+,13+,15-,16+/m1/s1. The Bertz CT molecular complexity index is 810. The number of amides is 3. The van der Waals surface area contributed by atoms with Crippen molar-refractivity contribution in [1.29, 1.82) is 0 Å². The number of carbonyl (C=O) groups is 3. The van der Waals surface area contributed by atoms with E-state index in [1.807, 2.05) is 26.0 Å². The lowest BCUT2D eigenvalue weighted by Crippen LogP contribution is -2.46. The minimum Gasteiger partial charge on any atom is -0.324 e. The van der Waals surface area contributed by atoms with Crippen LogP contribution in [0.25, 0.3) is 0 Å². The van der Waals surface area contributed by atoms with E-state index in [1.54, 1.807) is 6.92 Å². The van der Waals surface area contributed by atoms with E-state index in [0.29, 0.717) is 5.69 Å². The first-order valence-electron chi connectivity index (χ1n) is 8.92. The second kappa shape index (κ2) is 6.05. The van der Waals surface area contributed by atoms with Gasteiger partial charge in [0.05, 0.1) is 11.8 Å². The Morgan fingerprint density at radius 2 is 1.62 bits per heavy atom. The molecule has 3 amide bonds. The maximum absolute atomic E-state index is 12.8. The zero-order chi connectivity index (χ0) is 18.7. The molecular weight excluding hydrogens is 396 g/mol. The van der Waals surface area contributed by atoms with Gasteiger partial charge in [-0.1, -0.05) is 28.1 Å². The number of hydrogen-bond donors (Lipinski definition) is 1. The van der Waals surface area contributed by atoms with Crippen molar-refractivity contribution in [3.8, 4) is 0 Å². The molecule has 0 aromatic heterocycles. The summed E-state index contributed by atoms with van der Waals surface area (Å²) in [6.07, 6.45) is 5.00.